The van der Waals surface area contributed by atoms with Crippen LogP contribution in [0.3, 0.4) is 0 Å². The molecule has 0 radical (unpaired) electrons. The summed E-state index contributed by atoms with van der Waals surface area (Å²) in [4.78, 5) is 12.6. The Kier molecular flexibility index (Phi) is 3.94. The fourth-order valence-electron chi connectivity index (χ4n) is 1.77. The first-order valence-corrected chi connectivity index (χ1v) is 6.82. The Morgan fingerprint density at radius 2 is 2.53 bits per heavy atom. The number of carbonyl (C=O) groups is 1. The Morgan fingerprint density at radius 1 is 1.67 bits per heavy atom. The topological polar surface area (TPSA) is 26.3 Å². The number of hydrogen-bond donors (Lipinski definition) is 0. The van der Waals surface area contributed by atoms with Crippen molar-refractivity contribution in [1.82, 2.24) is 0 Å². The second kappa shape index (κ2) is 5.23. The molecule has 0 N–H and O–H groups in total. The van der Waals surface area contributed by atoms with E-state index in [2.05, 4.69) is 15.9 Å². The molecule has 0 aliphatic carbocycles. The lowest BCUT2D eigenvalue weighted by atomic mass is 10.1. The van der Waals surface area contributed by atoms with Gasteiger partial charge in [-0.2, -0.15) is 0 Å². The van der Waals surface area contributed by atoms with Crippen LogP contribution in [-0.4, -0.2) is 18.5 Å². The monoisotopic (exact) mass is 288 g/mol. The van der Waals surface area contributed by atoms with Gasteiger partial charge in [0, 0.05) is 17.5 Å². The molecule has 2 heterocycles. The van der Waals surface area contributed by atoms with E-state index < -0.39 is 0 Å². The Morgan fingerprint density at radius 3 is 3.13 bits per heavy atom. The van der Waals surface area contributed by atoms with Crippen LogP contribution < -0.4 is 0 Å². The number of ether oxygens (including phenoxy) is 1. The van der Waals surface area contributed by atoms with Gasteiger partial charge in [-0.15, -0.1) is 11.3 Å². The van der Waals surface area contributed by atoms with Gasteiger partial charge in [-0.3, -0.25) is 4.79 Å². The van der Waals surface area contributed by atoms with Crippen LogP contribution in [0.1, 0.15) is 35.4 Å². The molecule has 4 heteroatoms. The van der Waals surface area contributed by atoms with E-state index in [1.165, 1.54) is 11.3 Å². The molecule has 0 saturated carbocycles. The summed E-state index contributed by atoms with van der Waals surface area (Å²) < 4.78 is 6.41. The molecule has 0 aromatic carbocycles. The molecule has 1 aliphatic rings. The maximum atomic E-state index is 11.8. The molecule has 15 heavy (non-hydrogen) atoms. The lowest BCUT2D eigenvalue weighted by Gasteiger charge is -2.07. The molecule has 1 aromatic rings. The Bertz CT molecular complexity index is 342. The maximum Gasteiger partial charge on any atom is 0.174 e. The van der Waals surface area contributed by atoms with E-state index in [0.717, 1.165) is 35.2 Å². The lowest BCUT2D eigenvalue weighted by Crippen LogP contribution is -2.08. The van der Waals surface area contributed by atoms with Crippen molar-refractivity contribution in [2.24, 2.45) is 0 Å². The minimum absolute atomic E-state index is 0.229. The van der Waals surface area contributed by atoms with E-state index in [-0.39, 0.29) is 5.78 Å². The summed E-state index contributed by atoms with van der Waals surface area (Å²) >= 11 is 4.88. The molecule has 2 nitrogen and oxygen atoms in total. The molecule has 1 aromatic heterocycles. The van der Waals surface area contributed by atoms with Crippen molar-refractivity contribution in [3.8, 4) is 0 Å². The van der Waals surface area contributed by atoms with E-state index in [1.54, 1.807) is 0 Å². The minimum atomic E-state index is 0.229. The average molecular weight is 289 g/mol. The molecular weight excluding hydrogens is 276 g/mol. The molecule has 1 aliphatic heterocycles. The summed E-state index contributed by atoms with van der Waals surface area (Å²) in [7, 11) is 0. The van der Waals surface area contributed by atoms with Crippen molar-refractivity contribution < 1.29 is 9.53 Å². The third-order valence-electron chi connectivity index (χ3n) is 2.59. The number of halogens is 1. The van der Waals surface area contributed by atoms with Crippen LogP contribution in [-0.2, 0) is 4.74 Å². The van der Waals surface area contributed by atoms with Gasteiger partial charge in [0.2, 0.25) is 0 Å². The van der Waals surface area contributed by atoms with E-state index in [0.29, 0.717) is 12.5 Å². The van der Waals surface area contributed by atoms with Gasteiger partial charge < -0.3 is 4.74 Å². The van der Waals surface area contributed by atoms with E-state index in [9.17, 15) is 4.79 Å². The predicted molar refractivity (Wildman–Crippen MR) is 64.6 cm³/mol. The summed E-state index contributed by atoms with van der Waals surface area (Å²) in [6.45, 7) is 0.863. The highest BCUT2D eigenvalue weighted by Crippen LogP contribution is 2.25. The Labute approximate surface area is 102 Å². The quantitative estimate of drug-likeness (QED) is 0.791. The van der Waals surface area contributed by atoms with Gasteiger partial charge in [0.1, 0.15) is 0 Å². The third-order valence-corrected chi connectivity index (χ3v) is 4.47. The van der Waals surface area contributed by atoms with Crippen LogP contribution in [0.25, 0.3) is 0 Å². The van der Waals surface area contributed by atoms with Crippen molar-refractivity contribution in [3.63, 3.8) is 0 Å². The van der Waals surface area contributed by atoms with Crippen LogP contribution in [0.5, 0.6) is 0 Å². The summed E-state index contributed by atoms with van der Waals surface area (Å²) in [6.07, 6.45) is 4.03. The summed E-state index contributed by atoms with van der Waals surface area (Å²) in [5.74, 6) is 0.229. The zero-order chi connectivity index (χ0) is 10.7. The fourth-order valence-corrected chi connectivity index (χ4v) is 3.33. The molecule has 1 unspecified atom stereocenters. The van der Waals surface area contributed by atoms with E-state index >= 15 is 0 Å². The largest absolute Gasteiger partial charge is 0.378 e. The first-order valence-electron chi connectivity index (χ1n) is 5.15. The maximum absolute atomic E-state index is 11.8. The first kappa shape index (κ1) is 11.3. The molecule has 2 rings (SSSR count). The summed E-state index contributed by atoms with van der Waals surface area (Å²) in [6, 6.07) is 1.92. The van der Waals surface area contributed by atoms with Crippen LogP contribution in [0.2, 0.25) is 0 Å². The van der Waals surface area contributed by atoms with Gasteiger partial charge in [0.25, 0.3) is 0 Å². The van der Waals surface area contributed by atoms with Gasteiger partial charge in [0.15, 0.2) is 5.78 Å². The number of rotatable bonds is 4. The van der Waals surface area contributed by atoms with Crippen LogP contribution in [0.15, 0.2) is 15.9 Å². The predicted octanol–water partition coefficient (Wildman–Crippen LogP) is 3.65. The molecule has 0 bridgehead atoms. The van der Waals surface area contributed by atoms with Crippen LogP contribution in [0, 0.1) is 0 Å². The zero-order valence-electron chi connectivity index (χ0n) is 8.37. The average Bonchev–Trinajstić information content (AvgIpc) is 2.84. The van der Waals surface area contributed by atoms with Crippen LogP contribution >= 0.6 is 27.3 Å². The van der Waals surface area contributed by atoms with Crippen molar-refractivity contribution in [2.75, 3.05) is 6.61 Å². The normalized spacial score (nSPS) is 20.7. The van der Waals surface area contributed by atoms with Crippen molar-refractivity contribution in [1.29, 1.82) is 0 Å². The van der Waals surface area contributed by atoms with Gasteiger partial charge >= 0.3 is 0 Å². The zero-order valence-corrected chi connectivity index (χ0v) is 10.8. The number of carbonyl (C=O) groups excluding carboxylic acids is 1. The second-order valence-corrected chi connectivity index (χ2v) is 5.46. The third kappa shape index (κ3) is 2.89. The number of ketones is 1. The summed E-state index contributed by atoms with van der Waals surface area (Å²) in [5, 5.41) is 1.93. The summed E-state index contributed by atoms with van der Waals surface area (Å²) in [5.41, 5.74) is 0. The van der Waals surface area contributed by atoms with Gasteiger partial charge in [-0.25, -0.2) is 0 Å². The SMILES string of the molecule is O=C(CCC1CCCO1)c1sccc1Br. The standard InChI is InChI=1S/C11H13BrO2S/c12-9-5-7-15-11(9)10(13)4-3-8-2-1-6-14-8/h5,7-8H,1-4,6H2. The smallest absolute Gasteiger partial charge is 0.174 e. The highest BCUT2D eigenvalue weighted by molar-refractivity contribution is 9.10. The fraction of sp³-hybridized carbons (Fsp3) is 0.545. The second-order valence-electron chi connectivity index (χ2n) is 3.69. The van der Waals surface area contributed by atoms with Gasteiger partial charge in [-0.1, -0.05) is 0 Å². The molecule has 0 spiro atoms. The Hall–Kier alpha value is -0.190. The van der Waals surface area contributed by atoms with Gasteiger partial charge in [-0.05, 0) is 46.6 Å². The van der Waals surface area contributed by atoms with Crippen molar-refractivity contribution in [3.05, 3.63) is 20.8 Å². The highest BCUT2D eigenvalue weighted by atomic mass is 79.9. The molecule has 1 fully saturated rings. The number of thiophene rings is 1. The van der Waals surface area contributed by atoms with Crippen molar-refractivity contribution >= 4 is 33.0 Å². The lowest BCUT2D eigenvalue weighted by molar-refractivity contribution is 0.0861. The molecule has 1 saturated heterocycles. The van der Waals surface area contributed by atoms with E-state index in [1.807, 2.05) is 11.4 Å². The highest BCUT2D eigenvalue weighted by Gasteiger charge is 2.18. The molecule has 0 amide bonds. The van der Waals surface area contributed by atoms with Crippen LogP contribution in [0.4, 0.5) is 0 Å². The minimum Gasteiger partial charge on any atom is -0.378 e. The molecule has 1 atom stereocenters. The van der Waals surface area contributed by atoms with E-state index in [4.69, 9.17) is 4.74 Å². The molecule has 82 valence electrons. The Balaban J connectivity index is 1.84. The number of Topliss-reactive ketones (excluding diaryl/α,β-unsaturated/α-hetero) is 1. The first-order chi connectivity index (χ1) is 7.27. The van der Waals surface area contributed by atoms with Gasteiger partial charge in [0.05, 0.1) is 11.0 Å². The molecular formula is C11H13BrO2S. The van der Waals surface area contributed by atoms with Crippen molar-refractivity contribution in [2.45, 2.75) is 31.8 Å². The number of hydrogen-bond acceptors (Lipinski definition) is 3.